The molecule has 2 N–H and O–H groups in total. The van der Waals surface area contributed by atoms with Crippen LogP contribution >= 0.6 is 0 Å². The van der Waals surface area contributed by atoms with Crippen molar-refractivity contribution in [1.82, 2.24) is 0 Å². The van der Waals surface area contributed by atoms with Crippen LogP contribution in [0.2, 0.25) is 0 Å². The lowest BCUT2D eigenvalue weighted by atomic mass is 10.0. The summed E-state index contributed by atoms with van der Waals surface area (Å²) in [5.41, 5.74) is 5.47. The van der Waals surface area contributed by atoms with Gasteiger partial charge < -0.3 is 15.2 Å². The molecule has 1 aromatic rings. The maximum atomic E-state index is 12.3. The monoisotopic (exact) mass is 270 g/mol. The molecule has 1 aromatic carbocycles. The van der Waals surface area contributed by atoms with Crippen LogP contribution in [-0.2, 0) is 11.3 Å². The molecule has 0 aliphatic heterocycles. The second kappa shape index (κ2) is 6.66. The van der Waals surface area contributed by atoms with Gasteiger partial charge in [-0.05, 0) is 19.1 Å². The molecule has 0 saturated heterocycles. The molecular formula is C12H12F2N2O3. The van der Waals surface area contributed by atoms with Crippen LogP contribution in [0.15, 0.2) is 12.1 Å². The van der Waals surface area contributed by atoms with Crippen molar-refractivity contribution in [3.05, 3.63) is 28.8 Å². The van der Waals surface area contributed by atoms with Gasteiger partial charge in [0.25, 0.3) is 0 Å². The van der Waals surface area contributed by atoms with E-state index in [1.807, 2.05) is 0 Å². The van der Waals surface area contributed by atoms with Crippen molar-refractivity contribution in [3.63, 3.8) is 0 Å². The summed E-state index contributed by atoms with van der Waals surface area (Å²) in [5, 5.41) is 8.94. The maximum absolute atomic E-state index is 12.3. The van der Waals surface area contributed by atoms with Gasteiger partial charge in [0.05, 0.1) is 17.7 Å². The van der Waals surface area contributed by atoms with Gasteiger partial charge in [-0.3, -0.25) is 0 Å². The van der Waals surface area contributed by atoms with Gasteiger partial charge in [0, 0.05) is 12.1 Å². The van der Waals surface area contributed by atoms with Crippen LogP contribution in [0.5, 0.6) is 5.75 Å². The highest BCUT2D eigenvalue weighted by atomic mass is 19.3. The number of ether oxygens (including phenoxy) is 2. The zero-order chi connectivity index (χ0) is 14.4. The average molecular weight is 270 g/mol. The Hall–Kier alpha value is -2.20. The molecule has 0 atom stereocenters. The van der Waals surface area contributed by atoms with E-state index in [0.29, 0.717) is 0 Å². The molecule has 0 aliphatic carbocycles. The first-order valence-electron chi connectivity index (χ1n) is 5.42. The minimum Gasteiger partial charge on any atom is -0.462 e. The number of rotatable bonds is 5. The van der Waals surface area contributed by atoms with Crippen LogP contribution in [0.1, 0.15) is 28.4 Å². The van der Waals surface area contributed by atoms with Gasteiger partial charge in [-0.1, -0.05) is 0 Å². The highest BCUT2D eigenvalue weighted by molar-refractivity contribution is 5.93. The van der Waals surface area contributed by atoms with Crippen molar-refractivity contribution in [3.8, 4) is 11.8 Å². The molecule has 19 heavy (non-hydrogen) atoms. The Labute approximate surface area is 108 Å². The molecule has 102 valence electrons. The molecule has 5 nitrogen and oxygen atoms in total. The quantitative estimate of drug-likeness (QED) is 0.824. The number of hydrogen-bond donors (Lipinski definition) is 1. The predicted octanol–water partition coefficient (Wildman–Crippen LogP) is 1.80. The van der Waals surface area contributed by atoms with Crippen molar-refractivity contribution < 1.29 is 23.0 Å². The average Bonchev–Trinajstić information content (AvgIpc) is 2.37. The van der Waals surface area contributed by atoms with Crippen LogP contribution in [-0.4, -0.2) is 19.2 Å². The number of nitrogens with zero attached hydrogens (tertiary/aromatic N) is 1. The van der Waals surface area contributed by atoms with E-state index in [1.165, 1.54) is 6.07 Å². The standard InChI is InChI=1S/C12H12F2N2O3/c1-2-18-11(17)9-4-10(19-12(13)14)8(6-16)3-7(9)5-15/h3-4,12H,2,6,16H2,1H3. The predicted molar refractivity (Wildman–Crippen MR) is 61.6 cm³/mol. The van der Waals surface area contributed by atoms with Crippen LogP contribution in [0.4, 0.5) is 8.78 Å². The molecule has 0 amide bonds. The number of alkyl halides is 2. The summed E-state index contributed by atoms with van der Waals surface area (Å²) in [6, 6.07) is 4.08. The lowest BCUT2D eigenvalue weighted by Crippen LogP contribution is -2.12. The Morgan fingerprint density at radius 1 is 1.53 bits per heavy atom. The van der Waals surface area contributed by atoms with Crippen molar-refractivity contribution >= 4 is 5.97 Å². The normalized spacial score (nSPS) is 10.1. The molecule has 0 aromatic heterocycles. The third kappa shape index (κ3) is 3.63. The van der Waals surface area contributed by atoms with Crippen molar-refractivity contribution in [2.75, 3.05) is 6.61 Å². The van der Waals surface area contributed by atoms with Gasteiger partial charge in [0.15, 0.2) is 0 Å². The fourth-order valence-corrected chi connectivity index (χ4v) is 1.46. The first kappa shape index (κ1) is 14.9. The van der Waals surface area contributed by atoms with Gasteiger partial charge >= 0.3 is 12.6 Å². The van der Waals surface area contributed by atoms with E-state index < -0.39 is 12.6 Å². The number of nitrogens with two attached hydrogens (primary N) is 1. The summed E-state index contributed by atoms with van der Waals surface area (Å²) in [5.74, 6) is -1.01. The highest BCUT2D eigenvalue weighted by Crippen LogP contribution is 2.25. The molecular weight excluding hydrogens is 258 g/mol. The lowest BCUT2D eigenvalue weighted by molar-refractivity contribution is -0.0505. The van der Waals surface area contributed by atoms with Crippen molar-refractivity contribution in [1.29, 1.82) is 5.26 Å². The molecule has 0 aliphatic rings. The summed E-state index contributed by atoms with van der Waals surface area (Å²) in [4.78, 5) is 11.6. The number of esters is 1. The molecule has 0 saturated carbocycles. The summed E-state index contributed by atoms with van der Waals surface area (Å²) in [7, 11) is 0. The molecule has 0 heterocycles. The largest absolute Gasteiger partial charge is 0.462 e. The first-order chi connectivity index (χ1) is 9.03. The number of hydrogen-bond acceptors (Lipinski definition) is 5. The smallest absolute Gasteiger partial charge is 0.387 e. The number of benzene rings is 1. The fraction of sp³-hybridized carbons (Fsp3) is 0.333. The second-order valence-electron chi connectivity index (χ2n) is 3.42. The summed E-state index contributed by atoms with van der Waals surface area (Å²) in [6.07, 6.45) is 0. The molecule has 1 rings (SSSR count). The Kier molecular flexibility index (Phi) is 5.21. The van der Waals surface area contributed by atoms with Gasteiger partial charge in [0.1, 0.15) is 11.8 Å². The molecule has 0 radical (unpaired) electrons. The van der Waals surface area contributed by atoms with Crippen molar-refractivity contribution in [2.24, 2.45) is 5.73 Å². The summed E-state index contributed by atoms with van der Waals surface area (Å²) in [6.45, 7) is -1.45. The number of halogens is 2. The number of carbonyl (C=O) groups excluding carboxylic acids is 1. The molecule has 7 heteroatoms. The Bertz CT molecular complexity index is 512. The van der Waals surface area contributed by atoms with E-state index in [9.17, 15) is 13.6 Å². The number of nitriles is 1. The van der Waals surface area contributed by atoms with E-state index in [0.717, 1.165) is 6.07 Å². The summed E-state index contributed by atoms with van der Waals surface area (Å²) < 4.78 is 33.5. The van der Waals surface area contributed by atoms with E-state index in [1.54, 1.807) is 13.0 Å². The van der Waals surface area contributed by atoms with Crippen LogP contribution < -0.4 is 10.5 Å². The third-order valence-electron chi connectivity index (χ3n) is 2.25. The van der Waals surface area contributed by atoms with Gasteiger partial charge in [0.2, 0.25) is 0 Å². The van der Waals surface area contributed by atoms with Crippen LogP contribution in [0.3, 0.4) is 0 Å². The number of carbonyl (C=O) groups is 1. The first-order valence-corrected chi connectivity index (χ1v) is 5.42. The SMILES string of the molecule is CCOC(=O)c1cc(OC(F)F)c(CN)cc1C#N. The van der Waals surface area contributed by atoms with Gasteiger partial charge in [-0.15, -0.1) is 0 Å². The zero-order valence-corrected chi connectivity index (χ0v) is 10.2. The lowest BCUT2D eigenvalue weighted by Gasteiger charge is -2.12. The highest BCUT2D eigenvalue weighted by Gasteiger charge is 2.18. The topological polar surface area (TPSA) is 85.3 Å². The van der Waals surface area contributed by atoms with Crippen molar-refractivity contribution in [2.45, 2.75) is 20.1 Å². The molecule has 0 fully saturated rings. The second-order valence-corrected chi connectivity index (χ2v) is 3.42. The van der Waals surface area contributed by atoms with Crippen LogP contribution in [0.25, 0.3) is 0 Å². The molecule has 0 unspecified atom stereocenters. The minimum absolute atomic E-state index is 0.000478. The zero-order valence-electron chi connectivity index (χ0n) is 10.2. The Morgan fingerprint density at radius 3 is 2.68 bits per heavy atom. The van der Waals surface area contributed by atoms with Gasteiger partial charge in [-0.2, -0.15) is 14.0 Å². The maximum Gasteiger partial charge on any atom is 0.387 e. The van der Waals surface area contributed by atoms with Crippen LogP contribution in [0, 0.1) is 11.3 Å². The van der Waals surface area contributed by atoms with E-state index in [2.05, 4.69) is 4.74 Å². The Morgan fingerprint density at radius 2 is 2.21 bits per heavy atom. The molecule has 0 bridgehead atoms. The van der Waals surface area contributed by atoms with Gasteiger partial charge in [-0.25, -0.2) is 4.79 Å². The van der Waals surface area contributed by atoms with E-state index >= 15 is 0 Å². The summed E-state index contributed by atoms with van der Waals surface area (Å²) >= 11 is 0. The molecule has 0 spiro atoms. The van der Waals surface area contributed by atoms with E-state index in [-0.39, 0.29) is 35.6 Å². The Balaban J connectivity index is 3.29. The minimum atomic E-state index is -3.05. The fourth-order valence-electron chi connectivity index (χ4n) is 1.46. The van der Waals surface area contributed by atoms with E-state index in [4.69, 9.17) is 15.7 Å². The third-order valence-corrected chi connectivity index (χ3v) is 2.25.